The number of aromatic nitrogens is 2. The predicted molar refractivity (Wildman–Crippen MR) is 96.1 cm³/mol. The van der Waals surface area contributed by atoms with Crippen molar-refractivity contribution < 1.29 is 0 Å². The molecule has 0 atom stereocenters. The van der Waals surface area contributed by atoms with Crippen LogP contribution in [-0.4, -0.2) is 89.6 Å². The van der Waals surface area contributed by atoms with E-state index in [1.807, 2.05) is 17.8 Å². The van der Waals surface area contributed by atoms with Gasteiger partial charge >= 0.3 is 0 Å². The SMILES string of the molecule is NC(=NCCN1CCSCC1)N1CCN(c2ncccn2)CC1. The molecule has 0 unspecified atom stereocenters. The van der Waals surface area contributed by atoms with Gasteiger partial charge in [-0.05, 0) is 6.07 Å². The second-order valence-electron chi connectivity index (χ2n) is 5.72. The Labute approximate surface area is 142 Å². The van der Waals surface area contributed by atoms with E-state index < -0.39 is 0 Å². The van der Waals surface area contributed by atoms with Gasteiger partial charge in [-0.25, -0.2) is 9.97 Å². The number of hydrogen-bond donors (Lipinski definition) is 1. The van der Waals surface area contributed by atoms with Gasteiger partial charge in [0.05, 0.1) is 6.54 Å². The lowest BCUT2D eigenvalue weighted by atomic mass is 10.3. The zero-order chi connectivity index (χ0) is 15.9. The van der Waals surface area contributed by atoms with Crippen molar-refractivity contribution in [2.24, 2.45) is 10.7 Å². The Kier molecular flexibility index (Phi) is 5.93. The molecule has 23 heavy (non-hydrogen) atoms. The van der Waals surface area contributed by atoms with Crippen LogP contribution < -0.4 is 10.6 Å². The monoisotopic (exact) mass is 335 g/mol. The number of anilines is 1. The summed E-state index contributed by atoms with van der Waals surface area (Å²) >= 11 is 2.03. The van der Waals surface area contributed by atoms with Gasteiger partial charge in [-0.1, -0.05) is 0 Å². The van der Waals surface area contributed by atoms with Crippen molar-refractivity contribution in [3.63, 3.8) is 0 Å². The fourth-order valence-corrected chi connectivity index (χ4v) is 3.80. The first kappa shape index (κ1) is 16.3. The number of nitrogens with zero attached hydrogens (tertiary/aromatic N) is 6. The Morgan fingerprint density at radius 3 is 2.48 bits per heavy atom. The Hall–Kier alpha value is -1.54. The number of guanidine groups is 1. The van der Waals surface area contributed by atoms with Crippen LogP contribution in [0.25, 0.3) is 0 Å². The summed E-state index contributed by atoms with van der Waals surface area (Å²) in [5, 5.41) is 0. The molecule has 3 rings (SSSR count). The summed E-state index contributed by atoms with van der Waals surface area (Å²) in [6.45, 7) is 7.65. The van der Waals surface area contributed by atoms with Crippen LogP contribution in [-0.2, 0) is 0 Å². The largest absolute Gasteiger partial charge is 0.370 e. The summed E-state index contributed by atoms with van der Waals surface area (Å²) in [5.41, 5.74) is 6.15. The molecule has 3 heterocycles. The summed E-state index contributed by atoms with van der Waals surface area (Å²) in [6.07, 6.45) is 3.56. The highest BCUT2D eigenvalue weighted by molar-refractivity contribution is 7.99. The Morgan fingerprint density at radius 1 is 1.09 bits per heavy atom. The minimum absolute atomic E-state index is 0.671. The topological polar surface area (TPSA) is 73.9 Å². The van der Waals surface area contributed by atoms with E-state index in [0.717, 1.165) is 45.2 Å². The predicted octanol–water partition coefficient (Wildman–Crippen LogP) is -0.0379. The summed E-state index contributed by atoms with van der Waals surface area (Å²) in [5.74, 6) is 3.95. The highest BCUT2D eigenvalue weighted by atomic mass is 32.2. The van der Waals surface area contributed by atoms with Crippen LogP contribution in [0.2, 0.25) is 0 Å². The third kappa shape index (κ3) is 4.71. The third-order valence-electron chi connectivity index (χ3n) is 4.23. The summed E-state index contributed by atoms with van der Waals surface area (Å²) < 4.78 is 0. The highest BCUT2D eigenvalue weighted by Crippen LogP contribution is 2.10. The molecule has 2 aliphatic heterocycles. The average molecular weight is 335 g/mol. The minimum Gasteiger partial charge on any atom is -0.370 e. The molecule has 2 aliphatic rings. The fraction of sp³-hybridized carbons (Fsp3) is 0.667. The summed E-state index contributed by atoms with van der Waals surface area (Å²) in [6, 6.07) is 1.84. The lowest BCUT2D eigenvalue weighted by Crippen LogP contribution is -2.51. The van der Waals surface area contributed by atoms with E-state index in [0.29, 0.717) is 5.96 Å². The van der Waals surface area contributed by atoms with Gasteiger partial charge < -0.3 is 15.5 Å². The van der Waals surface area contributed by atoms with Crippen molar-refractivity contribution in [2.45, 2.75) is 0 Å². The highest BCUT2D eigenvalue weighted by Gasteiger charge is 2.19. The van der Waals surface area contributed by atoms with Crippen molar-refractivity contribution in [1.29, 1.82) is 0 Å². The van der Waals surface area contributed by atoms with Crippen molar-refractivity contribution in [1.82, 2.24) is 19.8 Å². The maximum absolute atomic E-state index is 6.15. The van der Waals surface area contributed by atoms with Gasteiger partial charge in [-0.2, -0.15) is 11.8 Å². The van der Waals surface area contributed by atoms with Gasteiger partial charge in [-0.3, -0.25) is 9.89 Å². The van der Waals surface area contributed by atoms with E-state index in [2.05, 4.69) is 29.7 Å². The molecule has 2 N–H and O–H groups in total. The van der Waals surface area contributed by atoms with Crippen LogP contribution in [0.3, 0.4) is 0 Å². The van der Waals surface area contributed by atoms with Crippen molar-refractivity contribution in [2.75, 3.05) is 68.8 Å². The van der Waals surface area contributed by atoms with E-state index in [-0.39, 0.29) is 0 Å². The second-order valence-corrected chi connectivity index (χ2v) is 6.94. The number of aliphatic imine (C=N–C) groups is 1. The molecule has 0 radical (unpaired) electrons. The summed E-state index contributed by atoms with van der Waals surface area (Å²) in [4.78, 5) is 20.0. The number of nitrogens with two attached hydrogens (primary N) is 1. The fourth-order valence-electron chi connectivity index (χ4n) is 2.82. The first-order valence-electron chi connectivity index (χ1n) is 8.20. The molecule has 0 aliphatic carbocycles. The molecule has 1 aromatic rings. The van der Waals surface area contributed by atoms with Crippen LogP contribution in [0, 0.1) is 0 Å². The Morgan fingerprint density at radius 2 is 1.78 bits per heavy atom. The smallest absolute Gasteiger partial charge is 0.225 e. The first-order valence-corrected chi connectivity index (χ1v) is 9.35. The van der Waals surface area contributed by atoms with E-state index >= 15 is 0 Å². The maximum atomic E-state index is 6.15. The van der Waals surface area contributed by atoms with Gasteiger partial charge in [0.2, 0.25) is 5.95 Å². The Balaban J connectivity index is 1.42. The van der Waals surface area contributed by atoms with Crippen LogP contribution in [0.4, 0.5) is 5.95 Å². The maximum Gasteiger partial charge on any atom is 0.225 e. The van der Waals surface area contributed by atoms with Crippen LogP contribution in [0.1, 0.15) is 0 Å². The van der Waals surface area contributed by atoms with E-state index in [9.17, 15) is 0 Å². The standard InChI is InChI=1S/C15H25N7S/c16-14(17-4-5-20-10-12-23-13-11-20)21-6-8-22(9-7-21)15-18-2-1-3-19-15/h1-3H,4-13H2,(H2,16,17). The van der Waals surface area contributed by atoms with Crippen LogP contribution in [0.5, 0.6) is 0 Å². The van der Waals surface area contributed by atoms with Crippen LogP contribution in [0.15, 0.2) is 23.5 Å². The zero-order valence-corrected chi connectivity index (χ0v) is 14.3. The van der Waals surface area contributed by atoms with E-state index in [4.69, 9.17) is 5.73 Å². The van der Waals surface area contributed by atoms with Gasteiger partial charge in [0, 0.05) is 69.7 Å². The Bertz CT molecular complexity index is 496. The number of piperazine rings is 1. The lowest BCUT2D eigenvalue weighted by molar-refractivity contribution is 0.310. The molecule has 1 aromatic heterocycles. The second kappa shape index (κ2) is 8.35. The van der Waals surface area contributed by atoms with Gasteiger partial charge in [0.15, 0.2) is 5.96 Å². The van der Waals surface area contributed by atoms with Gasteiger partial charge in [0.1, 0.15) is 0 Å². The van der Waals surface area contributed by atoms with Gasteiger partial charge in [0.25, 0.3) is 0 Å². The number of thioether (sulfide) groups is 1. The normalized spacial score (nSPS) is 20.8. The first-order chi connectivity index (χ1) is 11.3. The molecule has 0 aromatic carbocycles. The van der Waals surface area contributed by atoms with Crippen molar-refractivity contribution in [3.05, 3.63) is 18.5 Å². The minimum atomic E-state index is 0.671. The quantitative estimate of drug-likeness (QED) is 0.611. The molecule has 2 fully saturated rings. The number of rotatable bonds is 4. The number of hydrogen-bond acceptors (Lipinski definition) is 6. The summed E-state index contributed by atoms with van der Waals surface area (Å²) in [7, 11) is 0. The zero-order valence-electron chi connectivity index (χ0n) is 13.5. The molecule has 126 valence electrons. The molecule has 8 heteroatoms. The van der Waals surface area contributed by atoms with Gasteiger partial charge in [-0.15, -0.1) is 0 Å². The molecule has 7 nitrogen and oxygen atoms in total. The molecule has 0 amide bonds. The van der Waals surface area contributed by atoms with Crippen molar-refractivity contribution >= 4 is 23.7 Å². The molecule has 0 saturated carbocycles. The molecule has 0 spiro atoms. The average Bonchev–Trinajstić information content (AvgIpc) is 2.63. The van der Waals surface area contributed by atoms with E-state index in [1.165, 1.54) is 24.6 Å². The third-order valence-corrected chi connectivity index (χ3v) is 5.17. The molecular weight excluding hydrogens is 310 g/mol. The van der Waals surface area contributed by atoms with Crippen molar-refractivity contribution in [3.8, 4) is 0 Å². The molecule has 0 bridgehead atoms. The molecular formula is C15H25N7S. The lowest BCUT2D eigenvalue weighted by Gasteiger charge is -2.35. The van der Waals surface area contributed by atoms with E-state index in [1.54, 1.807) is 12.4 Å². The van der Waals surface area contributed by atoms with Crippen LogP contribution >= 0.6 is 11.8 Å². The molecule has 2 saturated heterocycles.